The summed E-state index contributed by atoms with van der Waals surface area (Å²) in [5.41, 5.74) is 7.07. The lowest BCUT2D eigenvalue weighted by Gasteiger charge is -2.09. The fourth-order valence-corrected chi connectivity index (χ4v) is 8.01. The molecule has 0 aromatic heterocycles. The van der Waals surface area contributed by atoms with Gasteiger partial charge >= 0.3 is 12.2 Å². The lowest BCUT2D eigenvalue weighted by molar-refractivity contribution is -0.137. The number of rotatable bonds is 15. The molecule has 372 valence electrons. The van der Waals surface area contributed by atoms with E-state index in [-0.39, 0.29) is 46.5 Å². The Morgan fingerprint density at radius 2 is 1.15 bits per heavy atom. The first kappa shape index (κ1) is 50.2. The second-order valence-electron chi connectivity index (χ2n) is 16.5. The molecule has 75 heavy (non-hydrogen) atoms. The van der Waals surface area contributed by atoms with Gasteiger partial charge in [-0.05, 0) is 131 Å². The van der Waals surface area contributed by atoms with Gasteiger partial charge < -0.3 is 25.2 Å². The second-order valence-corrected chi connectivity index (χ2v) is 17.4. The maximum atomic E-state index is 13.5. The van der Waals surface area contributed by atoms with Crippen LogP contribution < -0.4 is 16.1 Å². The molecule has 0 bridgehead atoms. The number of nitrogens with zero attached hydrogens (tertiary/aromatic N) is 5. The lowest BCUT2D eigenvalue weighted by atomic mass is 9.99. The Hall–Kier alpha value is -9.75. The van der Waals surface area contributed by atoms with Crippen molar-refractivity contribution in [1.82, 2.24) is 5.32 Å². The van der Waals surface area contributed by atoms with Crippen LogP contribution in [0.1, 0.15) is 37.4 Å². The molecule has 5 N–H and O–H groups in total. The molecule has 15 nitrogen and oxygen atoms in total. The van der Waals surface area contributed by atoms with Crippen LogP contribution in [-0.2, 0) is 22.5 Å². The Morgan fingerprint density at radius 3 is 1.79 bits per heavy atom. The minimum absolute atomic E-state index is 0.0353. The Kier molecular flexibility index (Phi) is 15.0. The zero-order valence-electron chi connectivity index (χ0n) is 38.8. The van der Waals surface area contributed by atoms with Crippen molar-refractivity contribution in [3.63, 3.8) is 0 Å². The van der Waals surface area contributed by atoms with Crippen molar-refractivity contribution in [2.24, 2.45) is 25.6 Å². The van der Waals surface area contributed by atoms with Crippen molar-refractivity contribution in [2.45, 2.75) is 12.8 Å². The number of carbonyl (C=O) groups is 3. The van der Waals surface area contributed by atoms with Gasteiger partial charge in [-0.1, -0.05) is 99.9 Å². The molecule has 0 atom stereocenters. The van der Waals surface area contributed by atoms with E-state index in [1.807, 2.05) is 36.4 Å². The van der Waals surface area contributed by atoms with Gasteiger partial charge in [0, 0.05) is 37.6 Å². The van der Waals surface area contributed by atoms with E-state index < -0.39 is 23.7 Å². The maximum Gasteiger partial charge on any atom is 0.416 e. The highest BCUT2D eigenvalue weighted by molar-refractivity contribution is 9.10. The molecule has 0 aliphatic rings. The van der Waals surface area contributed by atoms with Crippen LogP contribution in [0.5, 0.6) is 11.5 Å². The van der Waals surface area contributed by atoms with Crippen LogP contribution >= 0.6 is 15.9 Å². The van der Waals surface area contributed by atoms with Gasteiger partial charge in [0.15, 0.2) is 5.78 Å². The molecular weight excluding hydrogens is 1030 g/mol. The van der Waals surface area contributed by atoms with E-state index in [4.69, 9.17) is 9.68 Å². The molecule has 0 saturated carbocycles. The highest BCUT2D eigenvalue weighted by Crippen LogP contribution is 2.39. The number of amides is 3. The summed E-state index contributed by atoms with van der Waals surface area (Å²) in [5, 5.41) is 49.8. The van der Waals surface area contributed by atoms with Gasteiger partial charge in [-0.25, -0.2) is 10.3 Å². The molecule has 0 radical (unpaired) electrons. The molecule has 0 saturated heterocycles. The largest absolute Gasteiger partial charge is 0.506 e. The fourth-order valence-electron chi connectivity index (χ4n) is 7.61. The summed E-state index contributed by atoms with van der Waals surface area (Å²) in [5.74, 6) is -1.02. The summed E-state index contributed by atoms with van der Waals surface area (Å²) in [6.07, 6.45) is -3.59. The molecule has 19 heteroatoms. The number of nitrogens with one attached hydrogen (secondary N) is 3. The molecule has 9 aromatic rings. The average molecular weight is 1070 g/mol. The predicted octanol–water partition coefficient (Wildman–Crippen LogP) is 15.4. The van der Waals surface area contributed by atoms with Crippen LogP contribution in [0, 0.1) is 0 Å². The second kappa shape index (κ2) is 22.3. The van der Waals surface area contributed by atoms with Crippen LogP contribution in [0.4, 0.5) is 52.1 Å². The zero-order chi connectivity index (χ0) is 52.5. The summed E-state index contributed by atoms with van der Waals surface area (Å²) in [4.78, 5) is 49.1. The topological polar surface area (TPSA) is 208 Å². The number of phenolic OH excluding ortho intramolecular Hbond substituents is 2. The Bertz CT molecular complexity index is 3710. The fraction of sp³-hybridized carbons (Fsp3) is 0.0357. The Morgan fingerprint density at radius 1 is 0.587 bits per heavy atom. The minimum Gasteiger partial charge on any atom is -0.506 e. The van der Waals surface area contributed by atoms with Crippen LogP contribution in [0.3, 0.4) is 0 Å². The molecule has 0 fully saturated rings. The van der Waals surface area contributed by atoms with E-state index in [2.05, 4.69) is 57.7 Å². The van der Waals surface area contributed by atoms with E-state index in [0.29, 0.717) is 44.3 Å². The Balaban J connectivity index is 0.777. The lowest BCUT2D eigenvalue weighted by Crippen LogP contribution is -2.34. The van der Waals surface area contributed by atoms with Gasteiger partial charge in [0.1, 0.15) is 29.5 Å². The van der Waals surface area contributed by atoms with Crippen molar-refractivity contribution >= 4 is 95.7 Å². The third-order valence-corrected chi connectivity index (χ3v) is 11.8. The van der Waals surface area contributed by atoms with Crippen LogP contribution in [0.2, 0.25) is 0 Å². The van der Waals surface area contributed by atoms with E-state index in [9.17, 15) is 37.8 Å². The number of aromatic hydroxyl groups is 2. The number of alkyl halides is 3. The van der Waals surface area contributed by atoms with Crippen molar-refractivity contribution in [2.75, 3.05) is 10.8 Å². The van der Waals surface area contributed by atoms with Gasteiger partial charge in [-0.15, -0.1) is 10.2 Å². The van der Waals surface area contributed by atoms with E-state index in [0.717, 1.165) is 45.1 Å². The molecule has 0 unspecified atom stereocenters. The van der Waals surface area contributed by atoms with E-state index in [1.165, 1.54) is 30.3 Å². The van der Waals surface area contributed by atoms with Gasteiger partial charge in [-0.2, -0.15) is 23.4 Å². The zero-order valence-corrected chi connectivity index (χ0v) is 40.4. The van der Waals surface area contributed by atoms with E-state index >= 15 is 0 Å². The number of fused-ring (bicyclic) bond motifs is 2. The molecular formula is C56H38BrF3N8O7. The highest BCUT2D eigenvalue weighted by atomic mass is 79.9. The van der Waals surface area contributed by atoms with E-state index in [1.54, 1.807) is 103 Å². The third-order valence-electron chi connectivity index (χ3n) is 11.4. The van der Waals surface area contributed by atoms with Gasteiger partial charge in [-0.3, -0.25) is 14.9 Å². The highest BCUT2D eigenvalue weighted by Gasteiger charge is 2.30. The minimum atomic E-state index is -4.49. The quantitative estimate of drug-likeness (QED) is 0.0219. The molecule has 3 amide bonds. The summed E-state index contributed by atoms with van der Waals surface area (Å²) >= 11 is 3.34. The number of benzene rings is 9. The first-order chi connectivity index (χ1) is 36.2. The molecule has 9 aromatic carbocycles. The molecule has 9 rings (SSSR count). The normalized spacial score (nSPS) is 11.6. The van der Waals surface area contributed by atoms with Crippen molar-refractivity contribution in [1.29, 1.82) is 0 Å². The van der Waals surface area contributed by atoms with Crippen molar-refractivity contribution in [3.05, 3.63) is 214 Å². The summed E-state index contributed by atoms with van der Waals surface area (Å²) in [6, 6.07) is 48.1. The van der Waals surface area contributed by atoms with Gasteiger partial charge in [0.2, 0.25) is 6.40 Å². The number of ketones is 1. The summed E-state index contributed by atoms with van der Waals surface area (Å²) < 4.78 is 39.6. The monoisotopic (exact) mass is 1070 g/mol. The smallest absolute Gasteiger partial charge is 0.416 e. The number of anilines is 2. The SMILES string of the molecule is O=C(NC(=O)c1ccc2c(N=Nc3ccc(-c4ccc(C(=O)c5ccc(N=Nc6c(O)ccc7cc(CON=CONc8cccc(C(F)(F)F)c8)ccc67)cc5)cc4)cc3)c(O)ccc2c1)Nc1cccc(Br)c1. The number of carbonyl (C=O) groups excluding carboxylic acids is 3. The molecule has 0 spiro atoms. The number of hydrogen-bond donors (Lipinski definition) is 5. The number of imide groups is 1. The predicted molar refractivity (Wildman–Crippen MR) is 281 cm³/mol. The summed E-state index contributed by atoms with van der Waals surface area (Å²) in [6.45, 7) is 0.0353. The van der Waals surface area contributed by atoms with Crippen LogP contribution in [-0.4, -0.2) is 34.3 Å². The third kappa shape index (κ3) is 12.5. The van der Waals surface area contributed by atoms with Crippen molar-refractivity contribution < 1.29 is 47.4 Å². The number of hydrogen-bond acceptors (Lipinski definition) is 13. The maximum absolute atomic E-state index is 13.5. The number of azo groups is 2. The Labute approximate surface area is 432 Å². The number of urea groups is 1. The summed E-state index contributed by atoms with van der Waals surface area (Å²) in [7, 11) is 0. The first-order valence-corrected chi connectivity index (χ1v) is 23.3. The molecule has 0 aliphatic heterocycles. The first-order valence-electron chi connectivity index (χ1n) is 22.5. The van der Waals surface area contributed by atoms with Gasteiger partial charge in [0.05, 0.1) is 22.6 Å². The van der Waals surface area contributed by atoms with Crippen LogP contribution in [0.15, 0.2) is 212 Å². The van der Waals surface area contributed by atoms with Crippen molar-refractivity contribution in [3.8, 4) is 22.6 Å². The standard InChI is InChI=1S/C56H38BrF3N8O7/c57-42-4-2-5-45(30-42)62-55(73)63-54(72)40-16-24-48-39(28-40)18-26-50(70)52(48)67-64-43-19-12-35(13-20-43)34-8-10-36(11-9-34)53(71)37-14-21-44(22-15-37)65-66-51-47-23-7-33(27-38(47)17-25-49(51)69)31-74-61-32-75-68-46-6-1-3-41(29-46)56(58,59)60/h1-30,32,68-70H,31H2,(H2,62,63,72,73). The number of phenols is 2. The van der Waals surface area contributed by atoms with Gasteiger partial charge in [0.25, 0.3) is 5.91 Å². The molecule has 0 aliphatic carbocycles. The number of halogens is 4. The number of oxime groups is 1. The average Bonchev–Trinajstić information content (AvgIpc) is 3.41. The van der Waals surface area contributed by atoms with Crippen LogP contribution in [0.25, 0.3) is 32.7 Å². The molecule has 0 heterocycles.